The summed E-state index contributed by atoms with van der Waals surface area (Å²) in [6.07, 6.45) is 3.74. The van der Waals surface area contributed by atoms with Crippen LogP contribution < -0.4 is 27.7 Å². The highest BCUT2D eigenvalue weighted by molar-refractivity contribution is 7.10. The molecule has 0 fully saturated rings. The fourth-order valence-corrected chi connectivity index (χ4v) is 4.37. The molecule has 9 N–H and O–H groups in total. The molecule has 30 heavy (non-hydrogen) atoms. The molecule has 0 spiro atoms. The number of aliphatic hydroxyl groups is 1. The average molecular weight is 441 g/mol. The zero-order chi connectivity index (χ0) is 23.4. The second-order valence-electron chi connectivity index (χ2n) is 6.07. The van der Waals surface area contributed by atoms with E-state index in [1.165, 1.54) is 31.6 Å². The van der Waals surface area contributed by atoms with E-state index in [0.717, 1.165) is 37.0 Å². The Morgan fingerprint density at radius 3 is 2.07 bits per heavy atom. The van der Waals surface area contributed by atoms with Crippen molar-refractivity contribution < 1.29 is 9.84 Å². The highest BCUT2D eigenvalue weighted by Gasteiger charge is 2.32. The number of hydrogen-bond donors (Lipinski definition) is 5. The van der Waals surface area contributed by atoms with Gasteiger partial charge in [0.2, 0.25) is 0 Å². The van der Waals surface area contributed by atoms with Gasteiger partial charge in [-0.2, -0.15) is 0 Å². The molecule has 0 atom stereocenters. The van der Waals surface area contributed by atoms with E-state index in [4.69, 9.17) is 15.6 Å². The molecule has 0 unspecified atom stereocenters. The molecule has 0 bridgehead atoms. The third-order valence-corrected chi connectivity index (χ3v) is 5.92. The topological polar surface area (TPSA) is 134 Å². The molecule has 174 valence electrons. The van der Waals surface area contributed by atoms with Crippen molar-refractivity contribution in [2.45, 2.75) is 51.5 Å². The highest BCUT2D eigenvalue weighted by atomic mass is 32.1. The quantitative estimate of drug-likeness (QED) is 0.360. The van der Waals surface area contributed by atoms with Gasteiger partial charge in [-0.25, -0.2) is 0 Å². The van der Waals surface area contributed by atoms with Gasteiger partial charge in [0.15, 0.2) is 0 Å². The van der Waals surface area contributed by atoms with Crippen LogP contribution in [0, 0.1) is 0 Å². The summed E-state index contributed by atoms with van der Waals surface area (Å²) in [6, 6.07) is 10.8. The van der Waals surface area contributed by atoms with Crippen LogP contribution in [0.3, 0.4) is 0 Å². The Labute approximate surface area is 187 Å². The number of benzene rings is 1. The molecule has 0 saturated carbocycles. The van der Waals surface area contributed by atoms with Crippen LogP contribution in [0.4, 0.5) is 0 Å². The van der Waals surface area contributed by atoms with Crippen LogP contribution >= 0.6 is 11.3 Å². The van der Waals surface area contributed by atoms with Crippen molar-refractivity contribution in [2.24, 2.45) is 22.9 Å². The van der Waals surface area contributed by atoms with Gasteiger partial charge >= 0.3 is 0 Å². The average Bonchev–Trinajstić information content (AvgIpc) is 3.38. The summed E-state index contributed by atoms with van der Waals surface area (Å²) < 4.78 is 5.87. The van der Waals surface area contributed by atoms with Crippen molar-refractivity contribution >= 4 is 11.3 Å². The van der Waals surface area contributed by atoms with E-state index < -0.39 is 0 Å². The summed E-state index contributed by atoms with van der Waals surface area (Å²) in [5, 5.41) is 11.0. The summed E-state index contributed by atoms with van der Waals surface area (Å²) in [5.74, 6) is 0.867. The van der Waals surface area contributed by atoms with Crippen LogP contribution in [0.5, 0.6) is 5.75 Å². The SMILES string of the molecule is CCC(CC)(c1ccc(OCCCCO)c(CN)c1)c1cccs1.CN.CN.CN. The maximum atomic E-state index is 8.86. The van der Waals surface area contributed by atoms with Crippen LogP contribution in [0.15, 0.2) is 35.7 Å². The van der Waals surface area contributed by atoms with Crippen LogP contribution in [0.2, 0.25) is 0 Å². The van der Waals surface area contributed by atoms with Crippen molar-refractivity contribution in [1.29, 1.82) is 0 Å². The standard InChI is InChI=1S/C20H29NO2S.3CH5N/c1-3-20(4-2,19-8-7-13-24-19)17-9-10-18(16(14-17)15-21)23-12-6-5-11-22;3*1-2/h7-10,13-14,22H,3-6,11-12,15,21H2,1-2H3;3*2H2,1H3. The summed E-state index contributed by atoms with van der Waals surface area (Å²) in [4.78, 5) is 1.41. The highest BCUT2D eigenvalue weighted by Crippen LogP contribution is 2.42. The molecule has 0 aliphatic carbocycles. The molecule has 1 heterocycles. The van der Waals surface area contributed by atoms with E-state index in [0.29, 0.717) is 13.2 Å². The molecule has 2 aromatic rings. The van der Waals surface area contributed by atoms with Crippen molar-refractivity contribution in [1.82, 2.24) is 0 Å². The lowest BCUT2D eigenvalue weighted by molar-refractivity contribution is 0.252. The Balaban J connectivity index is 0. The number of hydrogen-bond acceptors (Lipinski definition) is 7. The molecule has 0 saturated heterocycles. The summed E-state index contributed by atoms with van der Waals surface area (Å²) in [7, 11) is 4.50. The maximum Gasteiger partial charge on any atom is 0.123 e. The number of ether oxygens (including phenoxy) is 1. The zero-order valence-corrected chi connectivity index (χ0v) is 20.3. The molecule has 0 amide bonds. The molecule has 0 radical (unpaired) electrons. The van der Waals surface area contributed by atoms with Crippen LogP contribution in [-0.2, 0) is 12.0 Å². The summed E-state index contributed by atoms with van der Waals surface area (Å²) in [5.41, 5.74) is 21.9. The Kier molecular flexibility index (Phi) is 19.9. The monoisotopic (exact) mass is 440 g/mol. The fraction of sp³-hybridized carbons (Fsp3) is 0.565. The second kappa shape index (κ2) is 19.5. The zero-order valence-electron chi connectivity index (χ0n) is 19.5. The first-order valence-corrected chi connectivity index (χ1v) is 11.4. The number of thiophene rings is 1. The van der Waals surface area contributed by atoms with Crippen molar-refractivity contribution in [3.63, 3.8) is 0 Å². The number of aliphatic hydroxyl groups excluding tert-OH is 1. The molecule has 1 aromatic heterocycles. The molecule has 0 aliphatic heterocycles. The van der Waals surface area contributed by atoms with Gasteiger partial charge in [-0.15, -0.1) is 11.3 Å². The minimum absolute atomic E-state index is 0.0491. The Bertz CT molecular complexity index is 618. The van der Waals surface area contributed by atoms with E-state index >= 15 is 0 Å². The minimum atomic E-state index is 0.0491. The lowest BCUT2D eigenvalue weighted by atomic mass is 9.74. The Hall–Kier alpha value is -1.48. The molecule has 7 heteroatoms. The fourth-order valence-electron chi connectivity index (χ4n) is 3.27. The smallest absolute Gasteiger partial charge is 0.123 e. The normalized spacial score (nSPS) is 9.93. The van der Waals surface area contributed by atoms with Crippen LogP contribution in [-0.4, -0.2) is 39.5 Å². The van der Waals surface area contributed by atoms with Crippen molar-refractivity contribution in [3.05, 3.63) is 51.7 Å². The summed E-state index contributed by atoms with van der Waals surface area (Å²) >= 11 is 1.82. The van der Waals surface area contributed by atoms with E-state index in [-0.39, 0.29) is 12.0 Å². The van der Waals surface area contributed by atoms with Gasteiger partial charge < -0.3 is 32.8 Å². The maximum absolute atomic E-state index is 8.86. The van der Waals surface area contributed by atoms with E-state index in [1.807, 2.05) is 11.3 Å². The van der Waals surface area contributed by atoms with Crippen LogP contribution in [0.1, 0.15) is 55.5 Å². The first-order valence-electron chi connectivity index (χ1n) is 10.6. The lowest BCUT2D eigenvalue weighted by Gasteiger charge is -2.32. The third-order valence-electron chi connectivity index (χ3n) is 4.84. The van der Waals surface area contributed by atoms with Gasteiger partial charge in [-0.3, -0.25) is 0 Å². The van der Waals surface area contributed by atoms with Gasteiger partial charge in [0.1, 0.15) is 5.75 Å². The second-order valence-corrected chi connectivity index (χ2v) is 7.02. The number of unbranched alkanes of at least 4 members (excludes halogenated alkanes) is 1. The van der Waals surface area contributed by atoms with Gasteiger partial charge in [0.05, 0.1) is 6.61 Å². The van der Waals surface area contributed by atoms with Gasteiger partial charge in [0, 0.05) is 29.0 Å². The Morgan fingerprint density at radius 2 is 1.60 bits per heavy atom. The van der Waals surface area contributed by atoms with E-state index in [9.17, 15) is 0 Å². The van der Waals surface area contributed by atoms with Crippen molar-refractivity contribution in [2.75, 3.05) is 34.4 Å². The summed E-state index contributed by atoms with van der Waals surface area (Å²) in [6.45, 7) is 5.80. The Morgan fingerprint density at radius 1 is 0.967 bits per heavy atom. The van der Waals surface area contributed by atoms with Gasteiger partial charge in [0.25, 0.3) is 0 Å². The predicted molar refractivity (Wildman–Crippen MR) is 132 cm³/mol. The van der Waals surface area contributed by atoms with E-state index in [2.05, 4.69) is 66.8 Å². The molecule has 2 rings (SSSR count). The van der Waals surface area contributed by atoms with Gasteiger partial charge in [-0.05, 0) is 76.0 Å². The van der Waals surface area contributed by atoms with Crippen LogP contribution in [0.25, 0.3) is 0 Å². The first kappa shape index (κ1) is 30.7. The van der Waals surface area contributed by atoms with E-state index in [1.54, 1.807) is 0 Å². The first-order chi connectivity index (χ1) is 14.7. The minimum Gasteiger partial charge on any atom is -0.493 e. The third kappa shape index (κ3) is 8.71. The molecular weight excluding hydrogens is 396 g/mol. The largest absolute Gasteiger partial charge is 0.493 e. The molecule has 0 aliphatic rings. The molecule has 6 nitrogen and oxygen atoms in total. The molecular formula is C23H44N4O2S. The molecule has 1 aromatic carbocycles. The lowest BCUT2D eigenvalue weighted by Crippen LogP contribution is -2.25. The van der Waals surface area contributed by atoms with Crippen molar-refractivity contribution in [3.8, 4) is 5.75 Å². The van der Waals surface area contributed by atoms with Gasteiger partial charge in [-0.1, -0.05) is 26.0 Å². The predicted octanol–water partition coefficient (Wildman–Crippen LogP) is 3.19. The number of rotatable bonds is 10. The number of nitrogens with two attached hydrogens (primary N) is 4.